The normalized spacial score (nSPS) is 12.5. The van der Waals surface area contributed by atoms with Gasteiger partial charge < -0.3 is 20.5 Å². The zero-order valence-corrected chi connectivity index (χ0v) is 10.2. The van der Waals surface area contributed by atoms with Crippen LogP contribution in [0.5, 0.6) is 11.5 Å². The predicted molar refractivity (Wildman–Crippen MR) is 70.7 cm³/mol. The van der Waals surface area contributed by atoms with Gasteiger partial charge in [0.15, 0.2) is 11.5 Å². The van der Waals surface area contributed by atoms with Gasteiger partial charge in [0.05, 0.1) is 5.69 Å². The number of nitrogen functional groups attached to an aromatic ring is 1. The Morgan fingerprint density at radius 1 is 1.11 bits per heavy atom. The van der Waals surface area contributed by atoms with Crippen molar-refractivity contribution in [2.45, 2.75) is 6.54 Å². The lowest BCUT2D eigenvalue weighted by Gasteiger charge is -2.08. The van der Waals surface area contributed by atoms with E-state index in [-0.39, 0.29) is 12.5 Å². The van der Waals surface area contributed by atoms with E-state index in [0.29, 0.717) is 12.2 Å². The van der Waals surface area contributed by atoms with Crippen molar-refractivity contribution >= 4 is 11.4 Å². The molecule has 0 atom stereocenters. The third kappa shape index (κ3) is 2.40. The largest absolute Gasteiger partial charge is 0.454 e. The Hall–Kier alpha value is -2.43. The first-order valence-corrected chi connectivity index (χ1v) is 5.90. The minimum Gasteiger partial charge on any atom is -0.454 e. The topological polar surface area (TPSA) is 56.5 Å². The Labute approximate surface area is 109 Å². The first kappa shape index (κ1) is 11.6. The van der Waals surface area contributed by atoms with Gasteiger partial charge in [0.2, 0.25) is 6.79 Å². The van der Waals surface area contributed by atoms with E-state index < -0.39 is 5.82 Å². The molecule has 2 aromatic rings. The molecule has 0 spiro atoms. The lowest BCUT2D eigenvalue weighted by molar-refractivity contribution is 0.174. The zero-order valence-electron chi connectivity index (χ0n) is 10.2. The molecule has 0 amide bonds. The van der Waals surface area contributed by atoms with Crippen LogP contribution in [-0.4, -0.2) is 6.79 Å². The second-order valence-electron chi connectivity index (χ2n) is 4.28. The van der Waals surface area contributed by atoms with Gasteiger partial charge in [-0.3, -0.25) is 0 Å². The fraction of sp³-hybridized carbons (Fsp3) is 0.143. The molecule has 1 heterocycles. The van der Waals surface area contributed by atoms with E-state index in [1.54, 1.807) is 6.07 Å². The predicted octanol–water partition coefficient (Wildman–Crippen LogP) is 2.75. The summed E-state index contributed by atoms with van der Waals surface area (Å²) in [5, 5.41) is 3.13. The molecular formula is C14H13FN2O2. The summed E-state index contributed by atoms with van der Waals surface area (Å²) < 4.78 is 23.8. The Morgan fingerprint density at radius 2 is 1.95 bits per heavy atom. The smallest absolute Gasteiger partial charge is 0.231 e. The molecular weight excluding hydrogens is 247 g/mol. The summed E-state index contributed by atoms with van der Waals surface area (Å²) in [5.41, 5.74) is 7.28. The van der Waals surface area contributed by atoms with Crippen molar-refractivity contribution < 1.29 is 13.9 Å². The van der Waals surface area contributed by atoms with Gasteiger partial charge in [-0.1, -0.05) is 6.07 Å². The quantitative estimate of drug-likeness (QED) is 0.833. The van der Waals surface area contributed by atoms with E-state index in [1.807, 2.05) is 18.2 Å². The number of hydrogen-bond donors (Lipinski definition) is 2. The van der Waals surface area contributed by atoms with Gasteiger partial charge in [-0.15, -0.1) is 0 Å². The minimum absolute atomic E-state index is 0.147. The van der Waals surface area contributed by atoms with Gasteiger partial charge >= 0.3 is 0 Å². The maximum Gasteiger partial charge on any atom is 0.231 e. The molecule has 0 aliphatic carbocycles. The van der Waals surface area contributed by atoms with Crippen LogP contribution in [-0.2, 0) is 6.54 Å². The summed E-state index contributed by atoms with van der Waals surface area (Å²) >= 11 is 0. The first-order chi connectivity index (χ1) is 9.22. The third-order valence-corrected chi connectivity index (χ3v) is 2.93. The van der Waals surface area contributed by atoms with E-state index in [0.717, 1.165) is 17.1 Å². The zero-order chi connectivity index (χ0) is 13.2. The van der Waals surface area contributed by atoms with E-state index in [2.05, 4.69) is 5.32 Å². The molecule has 0 bridgehead atoms. The summed E-state index contributed by atoms with van der Waals surface area (Å²) in [6.45, 7) is 0.829. The van der Waals surface area contributed by atoms with Gasteiger partial charge in [0.25, 0.3) is 0 Å². The van der Waals surface area contributed by atoms with Gasteiger partial charge in [-0.2, -0.15) is 0 Å². The summed E-state index contributed by atoms with van der Waals surface area (Å²) in [6, 6.07) is 10.4. The summed E-state index contributed by atoms with van der Waals surface area (Å²) in [6.07, 6.45) is 0. The number of rotatable bonds is 3. The number of benzene rings is 2. The van der Waals surface area contributed by atoms with Crippen LogP contribution in [0.4, 0.5) is 15.8 Å². The Bertz CT molecular complexity index is 616. The fourth-order valence-corrected chi connectivity index (χ4v) is 1.89. The number of nitrogens with one attached hydrogen (secondary N) is 1. The molecule has 3 rings (SSSR count). The molecule has 1 aliphatic heterocycles. The molecule has 98 valence electrons. The van der Waals surface area contributed by atoms with Gasteiger partial charge in [-0.05, 0) is 35.9 Å². The van der Waals surface area contributed by atoms with Crippen molar-refractivity contribution in [2.24, 2.45) is 0 Å². The van der Waals surface area contributed by atoms with Crippen LogP contribution in [0.25, 0.3) is 0 Å². The van der Waals surface area contributed by atoms with Crippen LogP contribution in [0, 0.1) is 5.82 Å². The van der Waals surface area contributed by atoms with Gasteiger partial charge in [-0.25, -0.2) is 4.39 Å². The minimum atomic E-state index is -0.421. The van der Waals surface area contributed by atoms with Crippen molar-refractivity contribution in [3.63, 3.8) is 0 Å². The SMILES string of the molecule is Nc1ccc(NCc2ccc3c(c2)OCO3)cc1F. The number of halogens is 1. The highest BCUT2D eigenvalue weighted by molar-refractivity contribution is 5.53. The molecule has 0 fully saturated rings. The average molecular weight is 260 g/mol. The first-order valence-electron chi connectivity index (χ1n) is 5.90. The van der Waals surface area contributed by atoms with Crippen molar-refractivity contribution in [2.75, 3.05) is 17.8 Å². The van der Waals surface area contributed by atoms with Crippen molar-refractivity contribution in [3.8, 4) is 11.5 Å². The molecule has 3 N–H and O–H groups in total. The molecule has 19 heavy (non-hydrogen) atoms. The summed E-state index contributed by atoms with van der Waals surface area (Å²) in [4.78, 5) is 0. The van der Waals surface area contributed by atoms with E-state index >= 15 is 0 Å². The molecule has 0 saturated heterocycles. The Morgan fingerprint density at radius 3 is 2.79 bits per heavy atom. The Balaban J connectivity index is 1.70. The van der Waals surface area contributed by atoms with Gasteiger partial charge in [0.1, 0.15) is 5.82 Å². The van der Waals surface area contributed by atoms with Crippen LogP contribution >= 0.6 is 0 Å². The van der Waals surface area contributed by atoms with Crippen molar-refractivity contribution in [1.82, 2.24) is 0 Å². The molecule has 0 aromatic heterocycles. The van der Waals surface area contributed by atoms with Crippen LogP contribution in [0.1, 0.15) is 5.56 Å². The van der Waals surface area contributed by atoms with E-state index in [1.165, 1.54) is 12.1 Å². The lowest BCUT2D eigenvalue weighted by atomic mass is 10.2. The molecule has 0 saturated carbocycles. The number of nitrogens with two attached hydrogens (primary N) is 1. The number of fused-ring (bicyclic) bond motifs is 1. The third-order valence-electron chi connectivity index (χ3n) is 2.93. The standard InChI is InChI=1S/C14H13FN2O2/c15-11-6-10(2-3-12(11)16)17-7-9-1-4-13-14(5-9)19-8-18-13/h1-6,17H,7-8,16H2. The van der Waals surface area contributed by atoms with Crippen LogP contribution < -0.4 is 20.5 Å². The summed E-state index contributed by atoms with van der Waals surface area (Å²) in [5.74, 6) is 1.07. The number of ether oxygens (including phenoxy) is 2. The second kappa shape index (κ2) is 4.68. The second-order valence-corrected chi connectivity index (χ2v) is 4.28. The number of hydrogen-bond acceptors (Lipinski definition) is 4. The Kier molecular flexibility index (Phi) is 2.87. The fourth-order valence-electron chi connectivity index (χ4n) is 1.89. The highest BCUT2D eigenvalue weighted by Gasteiger charge is 2.12. The van der Waals surface area contributed by atoms with Crippen molar-refractivity contribution in [1.29, 1.82) is 0 Å². The average Bonchev–Trinajstić information content (AvgIpc) is 2.87. The van der Waals surface area contributed by atoms with Gasteiger partial charge in [0, 0.05) is 12.2 Å². The molecule has 5 heteroatoms. The van der Waals surface area contributed by atoms with Crippen LogP contribution in [0.3, 0.4) is 0 Å². The van der Waals surface area contributed by atoms with E-state index in [9.17, 15) is 4.39 Å². The monoisotopic (exact) mass is 260 g/mol. The van der Waals surface area contributed by atoms with Crippen molar-refractivity contribution in [3.05, 3.63) is 47.8 Å². The highest BCUT2D eigenvalue weighted by Crippen LogP contribution is 2.32. The highest BCUT2D eigenvalue weighted by atomic mass is 19.1. The number of anilines is 2. The molecule has 0 unspecified atom stereocenters. The van der Waals surface area contributed by atoms with Crippen LogP contribution in [0.15, 0.2) is 36.4 Å². The molecule has 2 aromatic carbocycles. The molecule has 1 aliphatic rings. The summed E-state index contributed by atoms with van der Waals surface area (Å²) in [7, 11) is 0. The maximum atomic E-state index is 13.3. The lowest BCUT2D eigenvalue weighted by Crippen LogP contribution is -2.00. The maximum absolute atomic E-state index is 13.3. The molecule has 0 radical (unpaired) electrons. The van der Waals surface area contributed by atoms with Crippen LogP contribution in [0.2, 0.25) is 0 Å². The van der Waals surface area contributed by atoms with E-state index in [4.69, 9.17) is 15.2 Å². The molecule has 4 nitrogen and oxygen atoms in total.